The predicted molar refractivity (Wildman–Crippen MR) is 109 cm³/mol. The average Bonchev–Trinajstić information content (AvgIpc) is 2.68. The number of carbonyl (C=O) groups excluding carboxylic acids is 1. The molecule has 0 aromatic heterocycles. The summed E-state index contributed by atoms with van der Waals surface area (Å²) < 4.78 is 26.3. The topological polar surface area (TPSA) is 90.3 Å². The normalized spacial score (nSPS) is 16.3. The molecular weight excluding hydrogens is 418 g/mol. The predicted octanol–water partition coefficient (Wildman–Crippen LogP) is 3.19. The highest BCUT2D eigenvalue weighted by Gasteiger charge is 2.26. The molecule has 9 heteroatoms. The van der Waals surface area contributed by atoms with Crippen LogP contribution in [0.3, 0.4) is 0 Å². The van der Waals surface area contributed by atoms with Crippen molar-refractivity contribution in [2.45, 2.75) is 22.3 Å². The van der Waals surface area contributed by atoms with Gasteiger partial charge in [-0.25, -0.2) is 8.42 Å². The van der Waals surface area contributed by atoms with Crippen molar-refractivity contribution in [2.75, 3.05) is 19.3 Å². The Kier molecular flexibility index (Phi) is 6.30. The van der Waals surface area contributed by atoms with Crippen molar-refractivity contribution in [3.05, 3.63) is 58.6 Å². The summed E-state index contributed by atoms with van der Waals surface area (Å²) in [6.07, 6.45) is 0.746. The minimum Gasteiger partial charge on any atom is -0.348 e. The Morgan fingerprint density at radius 2 is 2.04 bits per heavy atom. The van der Waals surface area contributed by atoms with Crippen molar-refractivity contribution in [3.63, 3.8) is 0 Å². The zero-order chi connectivity index (χ0) is 20.3. The number of fused-ring (bicyclic) bond motifs is 1. The van der Waals surface area contributed by atoms with Crippen molar-refractivity contribution in [3.8, 4) is 6.07 Å². The molecule has 0 spiro atoms. The number of nitrogens with one attached hydrogen (secondary N) is 1. The first-order valence-electron chi connectivity index (χ1n) is 8.49. The largest absolute Gasteiger partial charge is 0.348 e. The van der Waals surface area contributed by atoms with Crippen LogP contribution in [0.2, 0.25) is 5.02 Å². The van der Waals surface area contributed by atoms with Crippen LogP contribution in [0.15, 0.2) is 52.3 Å². The number of halogens is 1. The van der Waals surface area contributed by atoms with E-state index in [4.69, 9.17) is 16.9 Å². The number of nitriles is 1. The minimum atomic E-state index is -3.83. The van der Waals surface area contributed by atoms with Gasteiger partial charge >= 0.3 is 0 Å². The van der Waals surface area contributed by atoms with Crippen LogP contribution in [0.1, 0.15) is 23.6 Å². The molecule has 2 aromatic rings. The van der Waals surface area contributed by atoms with Gasteiger partial charge in [-0.05, 0) is 54.4 Å². The second kappa shape index (κ2) is 8.53. The Balaban J connectivity index is 1.69. The molecule has 0 saturated carbocycles. The SMILES string of the molecule is CN(CC(=O)NC1CCSc2ccc(Cl)cc21)S(=O)(=O)c1ccc(C#N)cc1. The fraction of sp³-hybridized carbons (Fsp3) is 0.263. The second-order valence-corrected chi connectivity index (χ2v) is 9.95. The number of sulfonamides is 1. The van der Waals surface area contributed by atoms with Crippen molar-refractivity contribution in [1.82, 2.24) is 9.62 Å². The molecule has 146 valence electrons. The van der Waals surface area contributed by atoms with E-state index >= 15 is 0 Å². The third kappa shape index (κ3) is 4.50. The minimum absolute atomic E-state index is 0.0352. The van der Waals surface area contributed by atoms with Crippen LogP contribution < -0.4 is 5.32 Å². The van der Waals surface area contributed by atoms with Gasteiger partial charge in [0.1, 0.15) is 0 Å². The third-order valence-electron chi connectivity index (χ3n) is 4.40. The molecule has 1 atom stereocenters. The molecule has 3 rings (SSSR count). The fourth-order valence-electron chi connectivity index (χ4n) is 2.92. The van der Waals surface area contributed by atoms with E-state index in [0.717, 1.165) is 26.9 Å². The number of amides is 1. The molecule has 0 radical (unpaired) electrons. The zero-order valence-corrected chi connectivity index (χ0v) is 17.4. The number of hydrogen-bond acceptors (Lipinski definition) is 5. The lowest BCUT2D eigenvalue weighted by Crippen LogP contribution is -2.40. The Labute approximate surface area is 173 Å². The molecule has 1 aliphatic heterocycles. The highest BCUT2D eigenvalue weighted by atomic mass is 35.5. The Morgan fingerprint density at radius 3 is 2.71 bits per heavy atom. The summed E-state index contributed by atoms with van der Waals surface area (Å²) in [6.45, 7) is -0.304. The monoisotopic (exact) mass is 435 g/mol. The fourth-order valence-corrected chi connectivity index (χ4v) is 5.34. The molecule has 0 fully saturated rings. The first-order valence-corrected chi connectivity index (χ1v) is 11.3. The van der Waals surface area contributed by atoms with Crippen molar-refractivity contribution in [1.29, 1.82) is 5.26 Å². The maximum atomic E-state index is 12.6. The standard InChI is InChI=1S/C19H18ClN3O3S2/c1-23(28(25,26)15-5-2-13(11-21)3-6-15)12-19(24)22-17-8-9-27-18-7-4-14(20)10-16(17)18/h2-7,10,17H,8-9,12H2,1H3,(H,22,24). The summed E-state index contributed by atoms with van der Waals surface area (Å²) in [5, 5.41) is 12.3. The summed E-state index contributed by atoms with van der Waals surface area (Å²) in [6, 6.07) is 12.9. The molecule has 1 unspecified atom stereocenters. The maximum absolute atomic E-state index is 12.6. The molecule has 1 heterocycles. The lowest BCUT2D eigenvalue weighted by Gasteiger charge is -2.27. The lowest BCUT2D eigenvalue weighted by molar-refractivity contribution is -0.121. The summed E-state index contributed by atoms with van der Waals surface area (Å²) in [7, 11) is -2.47. The first kappa shape index (κ1) is 20.7. The molecule has 28 heavy (non-hydrogen) atoms. The molecule has 0 bridgehead atoms. The third-order valence-corrected chi connectivity index (χ3v) is 7.58. The Bertz CT molecular complexity index is 1030. The number of nitrogens with zero attached hydrogens (tertiary/aromatic N) is 2. The van der Waals surface area contributed by atoms with Gasteiger partial charge < -0.3 is 5.32 Å². The van der Waals surface area contributed by atoms with E-state index in [-0.39, 0.29) is 23.4 Å². The average molecular weight is 436 g/mol. The number of carbonyl (C=O) groups is 1. The van der Waals surface area contributed by atoms with Crippen LogP contribution in [0.5, 0.6) is 0 Å². The van der Waals surface area contributed by atoms with E-state index in [9.17, 15) is 13.2 Å². The van der Waals surface area contributed by atoms with E-state index < -0.39 is 10.0 Å². The molecule has 0 saturated heterocycles. The van der Waals surface area contributed by atoms with Crippen molar-refractivity contribution in [2.24, 2.45) is 0 Å². The van der Waals surface area contributed by atoms with Gasteiger partial charge in [0, 0.05) is 22.7 Å². The van der Waals surface area contributed by atoms with Crippen molar-refractivity contribution >= 4 is 39.3 Å². The summed E-state index contributed by atoms with van der Waals surface area (Å²) >= 11 is 7.79. The van der Waals surface area contributed by atoms with Gasteiger partial charge in [0.2, 0.25) is 15.9 Å². The number of likely N-dealkylation sites (N-methyl/N-ethyl adjacent to an activating group) is 1. The van der Waals surface area contributed by atoms with Gasteiger partial charge in [0.05, 0.1) is 29.1 Å². The number of rotatable bonds is 5. The van der Waals surface area contributed by atoms with Crippen LogP contribution in [0, 0.1) is 11.3 Å². The zero-order valence-electron chi connectivity index (χ0n) is 15.1. The molecule has 2 aromatic carbocycles. The molecule has 1 amide bonds. The van der Waals surface area contributed by atoms with Crippen molar-refractivity contribution < 1.29 is 13.2 Å². The summed E-state index contributed by atoms with van der Waals surface area (Å²) in [5.74, 6) is 0.474. The summed E-state index contributed by atoms with van der Waals surface area (Å²) in [5.41, 5.74) is 1.32. The Morgan fingerprint density at radius 1 is 1.32 bits per heavy atom. The van der Waals surface area contributed by atoms with E-state index in [1.54, 1.807) is 11.8 Å². The molecule has 6 nitrogen and oxygen atoms in total. The molecule has 1 N–H and O–H groups in total. The van der Waals surface area contributed by atoms with E-state index in [1.165, 1.54) is 31.3 Å². The van der Waals surface area contributed by atoms with Gasteiger partial charge in [-0.2, -0.15) is 9.57 Å². The van der Waals surface area contributed by atoms with E-state index in [2.05, 4.69) is 5.32 Å². The van der Waals surface area contributed by atoms with Crippen LogP contribution in [-0.4, -0.2) is 38.0 Å². The maximum Gasteiger partial charge on any atom is 0.243 e. The van der Waals surface area contributed by atoms with Gasteiger partial charge in [-0.15, -0.1) is 11.8 Å². The lowest BCUT2D eigenvalue weighted by atomic mass is 10.0. The first-order chi connectivity index (χ1) is 13.3. The molecule has 1 aliphatic rings. The van der Waals surface area contributed by atoms with Crippen LogP contribution >= 0.6 is 23.4 Å². The van der Waals surface area contributed by atoms with Gasteiger partial charge in [-0.1, -0.05) is 11.6 Å². The van der Waals surface area contributed by atoms with Crippen LogP contribution in [0.25, 0.3) is 0 Å². The quantitative estimate of drug-likeness (QED) is 0.778. The van der Waals surface area contributed by atoms with E-state index in [0.29, 0.717) is 10.6 Å². The highest BCUT2D eigenvalue weighted by Crippen LogP contribution is 2.37. The molecule has 0 aliphatic carbocycles. The van der Waals surface area contributed by atoms with Gasteiger partial charge in [-0.3, -0.25) is 4.79 Å². The smallest absolute Gasteiger partial charge is 0.243 e. The van der Waals surface area contributed by atoms with Crippen LogP contribution in [0.4, 0.5) is 0 Å². The number of hydrogen-bond donors (Lipinski definition) is 1. The summed E-state index contributed by atoms with van der Waals surface area (Å²) in [4.78, 5) is 13.6. The number of benzene rings is 2. The Hall–Kier alpha value is -2.05. The van der Waals surface area contributed by atoms with Gasteiger partial charge in [0.15, 0.2) is 0 Å². The second-order valence-electron chi connectivity index (χ2n) is 6.34. The van der Waals surface area contributed by atoms with E-state index in [1.807, 2.05) is 24.3 Å². The highest BCUT2D eigenvalue weighted by molar-refractivity contribution is 7.99. The molecular formula is C19H18ClN3O3S2. The van der Waals surface area contributed by atoms with Gasteiger partial charge in [0.25, 0.3) is 0 Å². The van der Waals surface area contributed by atoms with Crippen LogP contribution in [-0.2, 0) is 14.8 Å². The number of thioether (sulfide) groups is 1.